The highest BCUT2D eigenvalue weighted by Crippen LogP contribution is 2.39. The molecule has 2 atom stereocenters. The van der Waals surface area contributed by atoms with Crippen LogP contribution in [0.1, 0.15) is 11.1 Å². The molecular formula is C14H11Cl2NO3S. The van der Waals surface area contributed by atoms with Gasteiger partial charge in [0.1, 0.15) is 22.1 Å². The maximum atomic E-state index is 11.0. The van der Waals surface area contributed by atoms with Gasteiger partial charge in [0.15, 0.2) is 0 Å². The van der Waals surface area contributed by atoms with Gasteiger partial charge in [-0.3, -0.25) is 10.1 Å². The maximum Gasteiger partial charge on any atom is 0.318 e. The number of thioether (sulfide) groups is 1. The zero-order chi connectivity index (χ0) is 15.0. The molecule has 21 heavy (non-hydrogen) atoms. The number of carboxylic acids is 1. The summed E-state index contributed by atoms with van der Waals surface area (Å²) in [6.07, 6.45) is 0. The molecule has 0 saturated carbocycles. The van der Waals surface area contributed by atoms with Crippen molar-refractivity contribution in [1.82, 2.24) is 5.32 Å². The highest BCUT2D eigenvalue weighted by atomic mass is 35.5. The van der Waals surface area contributed by atoms with Gasteiger partial charge >= 0.3 is 5.97 Å². The minimum absolute atomic E-state index is 0.169. The molecule has 1 aliphatic heterocycles. The first-order chi connectivity index (χ1) is 10.0. The SMILES string of the molecule is O=C(O)[C@@H]1CN[C@H](c2ccc(-c3cc(Cl)ccc3Cl)o2)S1. The molecule has 7 heteroatoms. The second kappa shape index (κ2) is 5.93. The van der Waals surface area contributed by atoms with Gasteiger partial charge in [-0.05, 0) is 30.3 Å². The molecule has 110 valence electrons. The third-order valence-corrected chi connectivity index (χ3v) is 5.08. The average molecular weight is 344 g/mol. The van der Waals surface area contributed by atoms with E-state index in [-0.39, 0.29) is 5.37 Å². The number of benzene rings is 1. The highest BCUT2D eigenvalue weighted by molar-refractivity contribution is 8.01. The lowest BCUT2D eigenvalue weighted by atomic mass is 10.2. The molecule has 1 fully saturated rings. The number of halogens is 2. The molecule has 2 aromatic rings. The normalized spacial score (nSPS) is 21.6. The van der Waals surface area contributed by atoms with Gasteiger partial charge in [0.2, 0.25) is 0 Å². The summed E-state index contributed by atoms with van der Waals surface area (Å²) in [5.41, 5.74) is 0.716. The van der Waals surface area contributed by atoms with Crippen LogP contribution in [0.4, 0.5) is 0 Å². The van der Waals surface area contributed by atoms with E-state index in [4.69, 9.17) is 32.7 Å². The fourth-order valence-corrected chi connectivity index (χ4v) is 3.59. The van der Waals surface area contributed by atoms with Crippen LogP contribution in [-0.4, -0.2) is 22.9 Å². The van der Waals surface area contributed by atoms with Crippen molar-refractivity contribution in [2.24, 2.45) is 0 Å². The quantitative estimate of drug-likeness (QED) is 0.880. The molecule has 0 aliphatic carbocycles. The summed E-state index contributed by atoms with van der Waals surface area (Å²) < 4.78 is 5.80. The molecule has 1 aliphatic rings. The van der Waals surface area contributed by atoms with Crippen molar-refractivity contribution < 1.29 is 14.3 Å². The smallest absolute Gasteiger partial charge is 0.318 e. The molecular weight excluding hydrogens is 333 g/mol. The van der Waals surface area contributed by atoms with Gasteiger partial charge in [-0.1, -0.05) is 23.2 Å². The van der Waals surface area contributed by atoms with Crippen LogP contribution in [0.25, 0.3) is 11.3 Å². The van der Waals surface area contributed by atoms with Crippen molar-refractivity contribution >= 4 is 40.9 Å². The number of furan rings is 1. The Hall–Kier alpha value is -1.14. The summed E-state index contributed by atoms with van der Waals surface area (Å²) in [6, 6.07) is 8.79. The average Bonchev–Trinajstić information content (AvgIpc) is 3.09. The van der Waals surface area contributed by atoms with E-state index in [1.807, 2.05) is 12.1 Å². The zero-order valence-electron chi connectivity index (χ0n) is 10.7. The first-order valence-corrected chi connectivity index (χ1v) is 7.91. The van der Waals surface area contributed by atoms with Crippen LogP contribution < -0.4 is 5.32 Å². The number of hydrogen-bond donors (Lipinski definition) is 2. The Morgan fingerprint density at radius 2 is 2.14 bits per heavy atom. The van der Waals surface area contributed by atoms with Crippen LogP contribution in [0.2, 0.25) is 10.0 Å². The lowest BCUT2D eigenvalue weighted by Crippen LogP contribution is -2.21. The Kier molecular flexibility index (Phi) is 4.17. The molecule has 0 unspecified atom stereocenters. The molecule has 4 nitrogen and oxygen atoms in total. The molecule has 1 aromatic heterocycles. The highest BCUT2D eigenvalue weighted by Gasteiger charge is 2.32. The molecule has 0 bridgehead atoms. The molecule has 2 heterocycles. The van der Waals surface area contributed by atoms with E-state index in [0.717, 1.165) is 0 Å². The van der Waals surface area contributed by atoms with Gasteiger partial charge in [0.25, 0.3) is 0 Å². The minimum atomic E-state index is -0.820. The second-order valence-corrected chi connectivity index (χ2v) is 6.73. The van der Waals surface area contributed by atoms with E-state index in [1.165, 1.54) is 11.8 Å². The number of hydrogen-bond acceptors (Lipinski definition) is 4. The van der Waals surface area contributed by atoms with Crippen LogP contribution in [0.15, 0.2) is 34.7 Å². The number of nitrogens with one attached hydrogen (secondary N) is 1. The van der Waals surface area contributed by atoms with Gasteiger partial charge in [0.05, 0.1) is 5.02 Å². The Morgan fingerprint density at radius 1 is 1.33 bits per heavy atom. The Balaban J connectivity index is 1.84. The van der Waals surface area contributed by atoms with E-state index in [9.17, 15) is 4.79 Å². The third kappa shape index (κ3) is 3.06. The van der Waals surface area contributed by atoms with Crippen LogP contribution in [0, 0.1) is 0 Å². The first-order valence-electron chi connectivity index (χ1n) is 6.21. The molecule has 1 aromatic carbocycles. The summed E-state index contributed by atoms with van der Waals surface area (Å²) in [5, 5.41) is 12.6. The van der Waals surface area contributed by atoms with Gasteiger partial charge in [-0.2, -0.15) is 0 Å². The van der Waals surface area contributed by atoms with Gasteiger partial charge < -0.3 is 9.52 Å². The minimum Gasteiger partial charge on any atom is -0.480 e. The third-order valence-electron chi connectivity index (χ3n) is 3.14. The molecule has 0 amide bonds. The van der Waals surface area contributed by atoms with Crippen molar-refractivity contribution in [2.75, 3.05) is 6.54 Å². The van der Waals surface area contributed by atoms with E-state index in [0.29, 0.717) is 33.7 Å². The largest absolute Gasteiger partial charge is 0.480 e. The van der Waals surface area contributed by atoms with Gasteiger partial charge in [0, 0.05) is 17.1 Å². The number of rotatable bonds is 3. The Morgan fingerprint density at radius 3 is 2.86 bits per heavy atom. The lowest BCUT2D eigenvalue weighted by Gasteiger charge is -2.06. The number of aliphatic carboxylic acids is 1. The van der Waals surface area contributed by atoms with Crippen molar-refractivity contribution in [3.8, 4) is 11.3 Å². The van der Waals surface area contributed by atoms with Crippen LogP contribution in [-0.2, 0) is 4.79 Å². The molecule has 2 N–H and O–H groups in total. The Labute approximate surface area is 135 Å². The lowest BCUT2D eigenvalue weighted by molar-refractivity contribution is -0.136. The summed E-state index contributed by atoms with van der Waals surface area (Å²) in [5.74, 6) is 0.466. The van der Waals surface area contributed by atoms with E-state index >= 15 is 0 Å². The standard InChI is InChI=1S/C14H11Cl2NO3S/c15-7-1-2-9(16)8(5-7)10-3-4-11(20-10)13-17-6-12(21-13)14(18)19/h1-5,12-13,17H,6H2,(H,18,19)/t12-,13-/m0/s1. The van der Waals surface area contributed by atoms with E-state index in [1.54, 1.807) is 18.2 Å². The van der Waals surface area contributed by atoms with E-state index in [2.05, 4.69) is 5.32 Å². The number of carbonyl (C=O) groups is 1. The monoisotopic (exact) mass is 343 g/mol. The fraction of sp³-hybridized carbons (Fsp3) is 0.214. The maximum absolute atomic E-state index is 11.0. The summed E-state index contributed by atoms with van der Waals surface area (Å²) in [7, 11) is 0. The van der Waals surface area contributed by atoms with Crippen LogP contribution in [0.3, 0.4) is 0 Å². The topological polar surface area (TPSA) is 62.5 Å². The van der Waals surface area contributed by atoms with Gasteiger partial charge in [-0.25, -0.2) is 0 Å². The molecule has 0 spiro atoms. The summed E-state index contributed by atoms with van der Waals surface area (Å²) in [6.45, 7) is 0.415. The number of carboxylic acid groups (broad SMARTS) is 1. The first kappa shape index (κ1) is 14.8. The molecule has 1 saturated heterocycles. The van der Waals surface area contributed by atoms with Gasteiger partial charge in [-0.15, -0.1) is 11.8 Å². The predicted molar refractivity (Wildman–Crippen MR) is 83.9 cm³/mol. The zero-order valence-corrected chi connectivity index (χ0v) is 13.0. The van der Waals surface area contributed by atoms with Crippen molar-refractivity contribution in [3.63, 3.8) is 0 Å². The van der Waals surface area contributed by atoms with Crippen molar-refractivity contribution in [2.45, 2.75) is 10.6 Å². The predicted octanol–water partition coefficient (Wildman–Crippen LogP) is 4.04. The van der Waals surface area contributed by atoms with E-state index < -0.39 is 11.2 Å². The van der Waals surface area contributed by atoms with Crippen molar-refractivity contribution in [3.05, 3.63) is 46.1 Å². The van der Waals surface area contributed by atoms with Crippen LogP contribution in [0.5, 0.6) is 0 Å². The van der Waals surface area contributed by atoms with Crippen molar-refractivity contribution in [1.29, 1.82) is 0 Å². The fourth-order valence-electron chi connectivity index (χ4n) is 2.11. The second-order valence-electron chi connectivity index (χ2n) is 4.58. The molecule has 0 radical (unpaired) electrons. The summed E-state index contributed by atoms with van der Waals surface area (Å²) in [4.78, 5) is 11.0. The summed E-state index contributed by atoms with van der Waals surface area (Å²) >= 11 is 13.4. The molecule has 3 rings (SSSR count). The van der Waals surface area contributed by atoms with Crippen LogP contribution >= 0.6 is 35.0 Å². The Bertz CT molecular complexity index is 689.